The van der Waals surface area contributed by atoms with Crippen LogP contribution in [-0.4, -0.2) is 28.2 Å². The van der Waals surface area contributed by atoms with Crippen LogP contribution in [0.4, 0.5) is 26.3 Å². The van der Waals surface area contributed by atoms with Gasteiger partial charge in [0.15, 0.2) is 5.78 Å². The predicted molar refractivity (Wildman–Crippen MR) is 221 cm³/mol. The number of carbonyl (C=O) groups is 1. The van der Waals surface area contributed by atoms with Crippen molar-refractivity contribution < 1.29 is 56.3 Å². The zero-order chi connectivity index (χ0) is 42.9. The molecule has 0 aliphatic heterocycles. The van der Waals surface area contributed by atoms with Crippen LogP contribution in [0.2, 0.25) is 0 Å². The van der Waals surface area contributed by atoms with Crippen molar-refractivity contribution in [2.45, 2.75) is 151 Å². The zero-order valence-electron chi connectivity index (χ0n) is 35.8. The van der Waals surface area contributed by atoms with Crippen LogP contribution in [0.5, 0.6) is 0 Å². The summed E-state index contributed by atoms with van der Waals surface area (Å²) in [5.74, 6) is -2.32. The smallest absolute Gasteiger partial charge is 0.401 e. The minimum absolute atomic E-state index is 0. The molecule has 1 saturated carbocycles. The van der Waals surface area contributed by atoms with Crippen LogP contribution in [0.3, 0.4) is 0 Å². The Morgan fingerprint density at radius 2 is 1.38 bits per heavy atom. The molecule has 0 atom stereocenters. The molecule has 3 nitrogen and oxygen atoms in total. The second kappa shape index (κ2) is 18.2. The fourth-order valence-electron chi connectivity index (χ4n) is 8.65. The Morgan fingerprint density at radius 3 is 1.88 bits per heavy atom. The van der Waals surface area contributed by atoms with Crippen LogP contribution < -0.4 is 0 Å². The molecule has 1 aromatic heterocycles. The first kappa shape index (κ1) is 49.1. The maximum Gasteiger partial charge on any atom is 0.401 e. The minimum Gasteiger partial charge on any atom is -0.511 e. The number of alkyl halides is 6. The topological polar surface area (TPSA) is 50.2 Å². The molecule has 1 fully saturated rings. The van der Waals surface area contributed by atoms with Crippen LogP contribution in [0.25, 0.3) is 32.9 Å². The monoisotopic (exact) mass is 989 g/mol. The van der Waals surface area contributed by atoms with Gasteiger partial charge in [0.2, 0.25) is 0 Å². The van der Waals surface area contributed by atoms with E-state index in [9.17, 15) is 36.2 Å². The summed E-state index contributed by atoms with van der Waals surface area (Å²) in [5, 5.41) is 13.7. The third-order valence-electron chi connectivity index (χ3n) is 12.6. The molecule has 1 radical (unpaired) electrons. The minimum atomic E-state index is -4.91. The number of ketones is 1. The van der Waals surface area contributed by atoms with Gasteiger partial charge in [-0.15, -0.1) is 29.1 Å². The van der Waals surface area contributed by atoms with Crippen molar-refractivity contribution in [3.63, 3.8) is 0 Å². The number of aliphatic hydroxyl groups is 1. The average Bonchev–Trinajstić information content (AvgIpc) is 3.10. The Kier molecular flexibility index (Phi) is 15.4. The number of aliphatic hydroxyl groups excluding tert-OH is 1. The van der Waals surface area contributed by atoms with Gasteiger partial charge in [-0.05, 0) is 105 Å². The number of aromatic nitrogens is 1. The van der Waals surface area contributed by atoms with Crippen LogP contribution in [0.15, 0.2) is 60.4 Å². The second-order valence-electron chi connectivity index (χ2n) is 17.9. The van der Waals surface area contributed by atoms with E-state index in [1.807, 2.05) is 0 Å². The Labute approximate surface area is 354 Å². The number of hydrogen-bond donors (Lipinski definition) is 1. The first-order valence-electron chi connectivity index (χ1n) is 20.3. The van der Waals surface area contributed by atoms with Crippen molar-refractivity contribution in [3.8, 4) is 11.3 Å². The third-order valence-corrected chi connectivity index (χ3v) is 12.6. The molecule has 1 N–H and O–H groups in total. The second-order valence-corrected chi connectivity index (χ2v) is 17.9. The maximum absolute atomic E-state index is 13.2. The van der Waals surface area contributed by atoms with Gasteiger partial charge in [0.25, 0.3) is 0 Å². The molecule has 1 heterocycles. The SMILES string of the molecule is CCC(CC)(C(=O)/C=C(\O)C(CC)(CC)C(F)(F)F)C(F)(F)F.Cc1cc(C)c2c(C3CCC(C)(C)CC3)cc(-c3[c-]c4ccccc4c(C(C)(C)C)c3)nc2c1.[Ir]. The maximum atomic E-state index is 13.2. The van der Waals surface area contributed by atoms with Gasteiger partial charge in [-0.25, -0.2) is 0 Å². The number of carbonyl (C=O) groups excluding carboxylic acids is 1. The summed E-state index contributed by atoms with van der Waals surface area (Å²) in [4.78, 5) is 17.3. The number of halogens is 6. The van der Waals surface area contributed by atoms with Crippen LogP contribution in [0.1, 0.15) is 142 Å². The van der Waals surface area contributed by atoms with E-state index < -0.39 is 60.4 Å². The first-order valence-corrected chi connectivity index (χ1v) is 20.3. The molecule has 1 aliphatic rings. The molecular weight excluding hydrogens is 929 g/mol. The van der Waals surface area contributed by atoms with Crippen molar-refractivity contribution in [2.24, 2.45) is 16.2 Å². The molecule has 0 bridgehead atoms. The third kappa shape index (κ3) is 9.86. The van der Waals surface area contributed by atoms with Gasteiger partial charge >= 0.3 is 12.4 Å². The summed E-state index contributed by atoms with van der Waals surface area (Å²) in [7, 11) is 0. The Hall–Kier alpha value is -3.23. The molecule has 4 aromatic rings. The molecule has 321 valence electrons. The van der Waals surface area contributed by atoms with E-state index in [1.54, 1.807) is 0 Å². The van der Waals surface area contributed by atoms with Gasteiger partial charge in [0.05, 0.1) is 5.52 Å². The summed E-state index contributed by atoms with van der Waals surface area (Å²) < 4.78 is 79.4. The number of hydrogen-bond acceptors (Lipinski definition) is 3. The average molecular weight is 989 g/mol. The normalized spacial score (nSPS) is 15.8. The van der Waals surface area contributed by atoms with E-state index in [2.05, 4.69) is 103 Å². The van der Waals surface area contributed by atoms with Crippen molar-refractivity contribution in [3.05, 3.63) is 88.7 Å². The van der Waals surface area contributed by atoms with Gasteiger partial charge in [-0.2, -0.15) is 26.3 Å². The molecule has 0 saturated heterocycles. The number of rotatable bonds is 9. The number of aryl methyl sites for hydroxylation is 2. The van der Waals surface area contributed by atoms with Gasteiger partial charge in [-0.3, -0.25) is 9.78 Å². The molecule has 1 aliphatic carbocycles. The molecule has 0 amide bonds. The van der Waals surface area contributed by atoms with Gasteiger partial charge in [0.1, 0.15) is 16.6 Å². The van der Waals surface area contributed by atoms with E-state index in [-0.39, 0.29) is 31.6 Å². The van der Waals surface area contributed by atoms with E-state index in [4.69, 9.17) is 4.98 Å². The van der Waals surface area contributed by atoms with Gasteiger partial charge in [-0.1, -0.05) is 104 Å². The molecule has 58 heavy (non-hydrogen) atoms. The molecule has 0 unspecified atom stereocenters. The fourth-order valence-corrected chi connectivity index (χ4v) is 8.65. The summed E-state index contributed by atoms with van der Waals surface area (Å²) >= 11 is 0. The molecule has 3 aromatic carbocycles. The van der Waals surface area contributed by atoms with E-state index in [1.165, 1.54) is 64.1 Å². The number of benzene rings is 3. The van der Waals surface area contributed by atoms with Gasteiger partial charge < -0.3 is 5.11 Å². The quantitative estimate of drug-likeness (QED) is 0.0787. The van der Waals surface area contributed by atoms with Crippen molar-refractivity contribution in [1.82, 2.24) is 4.98 Å². The van der Waals surface area contributed by atoms with Crippen LogP contribution in [-0.2, 0) is 30.3 Å². The number of nitrogens with zero attached hydrogens (tertiary/aromatic N) is 1. The Bertz CT molecular complexity index is 2090. The number of pyridine rings is 1. The Morgan fingerprint density at radius 1 is 0.845 bits per heavy atom. The summed E-state index contributed by atoms with van der Waals surface area (Å²) in [5.41, 5.74) is 3.79. The van der Waals surface area contributed by atoms with Crippen LogP contribution in [0, 0.1) is 36.2 Å². The predicted octanol–water partition coefficient (Wildman–Crippen LogP) is 15.2. The van der Waals surface area contributed by atoms with Crippen molar-refractivity contribution in [1.29, 1.82) is 0 Å². The summed E-state index contributed by atoms with van der Waals surface area (Å²) in [6.45, 7) is 20.8. The fraction of sp³-hybridized carbons (Fsp3) is 0.542. The molecular formula is C48H60F6IrNO2-. The molecule has 10 heteroatoms. The number of fused-ring (bicyclic) bond motifs is 2. The molecule has 0 spiro atoms. The first-order chi connectivity index (χ1) is 26.3. The van der Waals surface area contributed by atoms with Gasteiger partial charge in [0, 0.05) is 37.3 Å². The summed E-state index contributed by atoms with van der Waals surface area (Å²) in [6.07, 6.45) is -6.99. The largest absolute Gasteiger partial charge is 0.511 e. The zero-order valence-corrected chi connectivity index (χ0v) is 38.2. The Balaban J connectivity index is 0.000000332. The van der Waals surface area contributed by atoms with E-state index in [0.717, 1.165) is 44.5 Å². The van der Waals surface area contributed by atoms with E-state index >= 15 is 0 Å². The number of allylic oxidation sites excluding steroid dienone is 2. The van der Waals surface area contributed by atoms with Crippen molar-refractivity contribution >= 4 is 27.5 Å². The van der Waals surface area contributed by atoms with E-state index in [0.29, 0.717) is 11.3 Å². The van der Waals surface area contributed by atoms with Crippen LogP contribution >= 0.6 is 0 Å². The molecule has 5 rings (SSSR count). The van der Waals surface area contributed by atoms with Crippen molar-refractivity contribution in [2.75, 3.05) is 0 Å². The standard InChI is InChI=1S/C33H38N.C15H22F6O2.Ir/c1-21-16-22(2)31-27(23-12-14-33(6,7)15-13-23)20-29(34-30(31)17-21)25-18-24-10-8-9-11-26(24)28(19-25)32(3,4)5;1-5-12(6-2,14(16,17)18)10(22)9-11(23)13(7-3,8-4)15(19,20)21;/h8-11,16-17,19-20,23H,12-15H2,1-7H3;9,22H,5-8H2,1-4H3;/q-1;;/b;10-9-;. The summed E-state index contributed by atoms with van der Waals surface area (Å²) in [6, 6.07) is 21.7.